The lowest BCUT2D eigenvalue weighted by Gasteiger charge is -2.29. The molecular formula is C12H14BrClFN. The first-order valence-corrected chi connectivity index (χ1v) is 6.75. The molecule has 1 saturated heterocycles. The predicted octanol–water partition coefficient (Wildman–Crippen LogP) is 3.84. The predicted molar refractivity (Wildman–Crippen MR) is 68.6 cm³/mol. The van der Waals surface area contributed by atoms with E-state index in [1.54, 1.807) is 18.2 Å². The summed E-state index contributed by atoms with van der Waals surface area (Å²) in [7, 11) is 0. The topological polar surface area (TPSA) is 3.24 Å². The smallest absolute Gasteiger partial charge is 0.146 e. The van der Waals surface area contributed by atoms with Crippen LogP contribution in [-0.2, 0) is 6.54 Å². The second-order valence-electron chi connectivity index (χ2n) is 4.16. The molecule has 0 unspecified atom stereocenters. The van der Waals surface area contributed by atoms with Gasteiger partial charge in [0.25, 0.3) is 0 Å². The summed E-state index contributed by atoms with van der Waals surface area (Å²) >= 11 is 9.36. The molecule has 0 radical (unpaired) electrons. The highest BCUT2D eigenvalue weighted by atomic mass is 79.9. The number of alkyl halides is 1. The Morgan fingerprint density at radius 3 is 2.75 bits per heavy atom. The maximum Gasteiger partial charge on any atom is 0.146 e. The summed E-state index contributed by atoms with van der Waals surface area (Å²) in [6.45, 7) is 2.69. The Labute approximate surface area is 109 Å². The van der Waals surface area contributed by atoms with Gasteiger partial charge in [-0.2, -0.15) is 0 Å². The second kappa shape index (κ2) is 5.48. The third kappa shape index (κ3) is 2.96. The summed E-state index contributed by atoms with van der Waals surface area (Å²) < 4.78 is 13.7. The minimum atomic E-state index is -0.273. The van der Waals surface area contributed by atoms with Crippen molar-refractivity contribution in [3.05, 3.63) is 34.6 Å². The van der Waals surface area contributed by atoms with Crippen LogP contribution in [-0.4, -0.2) is 22.8 Å². The van der Waals surface area contributed by atoms with E-state index in [1.807, 2.05) is 0 Å². The van der Waals surface area contributed by atoms with Gasteiger partial charge in [-0.25, -0.2) is 4.39 Å². The fourth-order valence-electron chi connectivity index (χ4n) is 1.97. The highest BCUT2D eigenvalue weighted by Crippen LogP contribution is 2.22. The summed E-state index contributed by atoms with van der Waals surface area (Å²) in [4.78, 5) is 2.89. The molecule has 0 spiro atoms. The fourth-order valence-corrected chi connectivity index (χ4v) is 2.57. The van der Waals surface area contributed by atoms with Crippen LogP contribution in [0.3, 0.4) is 0 Å². The van der Waals surface area contributed by atoms with E-state index >= 15 is 0 Å². The molecule has 0 N–H and O–H groups in total. The van der Waals surface area contributed by atoms with Crippen LogP contribution in [0.4, 0.5) is 4.39 Å². The molecule has 4 heteroatoms. The van der Waals surface area contributed by atoms with Gasteiger partial charge in [-0.3, -0.25) is 4.90 Å². The molecule has 0 aromatic heterocycles. The molecule has 2 rings (SSSR count). The summed E-state index contributed by atoms with van der Waals surface area (Å²) in [5.74, 6) is -0.273. The minimum absolute atomic E-state index is 0.216. The molecule has 0 saturated carbocycles. The van der Waals surface area contributed by atoms with Crippen LogP contribution < -0.4 is 0 Å². The molecule has 1 fully saturated rings. The average molecular weight is 307 g/mol. The quantitative estimate of drug-likeness (QED) is 0.751. The lowest BCUT2D eigenvalue weighted by molar-refractivity contribution is 0.223. The van der Waals surface area contributed by atoms with Gasteiger partial charge in [0.15, 0.2) is 0 Å². The van der Waals surface area contributed by atoms with Gasteiger partial charge in [0.05, 0.1) is 5.02 Å². The molecule has 1 nitrogen and oxygen atoms in total. The lowest BCUT2D eigenvalue weighted by atomic mass is 10.1. The van der Waals surface area contributed by atoms with Crippen molar-refractivity contribution < 1.29 is 4.39 Å². The van der Waals surface area contributed by atoms with E-state index in [-0.39, 0.29) is 10.8 Å². The Kier molecular flexibility index (Phi) is 4.22. The van der Waals surface area contributed by atoms with Gasteiger partial charge in [0, 0.05) is 16.9 Å². The van der Waals surface area contributed by atoms with Crippen LogP contribution in [0.25, 0.3) is 0 Å². The Balaban J connectivity index is 2.01. The summed E-state index contributed by atoms with van der Waals surface area (Å²) in [6.07, 6.45) is 2.25. The van der Waals surface area contributed by atoms with Crippen LogP contribution in [0.5, 0.6) is 0 Å². The van der Waals surface area contributed by atoms with E-state index in [2.05, 4.69) is 20.8 Å². The van der Waals surface area contributed by atoms with Crippen molar-refractivity contribution in [2.24, 2.45) is 0 Å². The maximum absolute atomic E-state index is 13.7. The maximum atomic E-state index is 13.7. The molecule has 0 amide bonds. The van der Waals surface area contributed by atoms with Crippen LogP contribution in [0.2, 0.25) is 5.02 Å². The molecule has 1 aromatic carbocycles. The zero-order chi connectivity index (χ0) is 11.5. The van der Waals surface area contributed by atoms with Crippen molar-refractivity contribution in [1.29, 1.82) is 0 Å². The zero-order valence-corrected chi connectivity index (χ0v) is 11.3. The first kappa shape index (κ1) is 12.3. The van der Waals surface area contributed by atoms with Crippen molar-refractivity contribution in [2.75, 3.05) is 13.1 Å². The monoisotopic (exact) mass is 305 g/mol. The number of piperidine rings is 1. The van der Waals surface area contributed by atoms with Gasteiger partial charge < -0.3 is 0 Å². The van der Waals surface area contributed by atoms with Crippen LogP contribution >= 0.6 is 27.5 Å². The molecule has 1 aliphatic heterocycles. The largest absolute Gasteiger partial charge is 0.299 e. The van der Waals surface area contributed by atoms with E-state index in [0.29, 0.717) is 16.9 Å². The van der Waals surface area contributed by atoms with Crippen molar-refractivity contribution in [3.8, 4) is 0 Å². The van der Waals surface area contributed by atoms with Gasteiger partial charge in [-0.05, 0) is 32.0 Å². The number of hydrogen-bond donors (Lipinski definition) is 0. The number of halogens is 3. The van der Waals surface area contributed by atoms with E-state index < -0.39 is 0 Å². The fraction of sp³-hybridized carbons (Fsp3) is 0.500. The van der Waals surface area contributed by atoms with E-state index in [0.717, 1.165) is 25.9 Å². The number of rotatable bonds is 2. The number of nitrogens with zero attached hydrogens (tertiary/aromatic N) is 1. The summed E-state index contributed by atoms with van der Waals surface area (Å²) in [5, 5.41) is 0.216. The molecule has 0 aliphatic carbocycles. The van der Waals surface area contributed by atoms with E-state index in [1.165, 1.54) is 0 Å². The third-order valence-corrected chi connectivity index (χ3v) is 4.15. The van der Waals surface area contributed by atoms with Gasteiger partial charge in [0.2, 0.25) is 0 Å². The number of likely N-dealkylation sites (tertiary alicyclic amines) is 1. The molecule has 1 heterocycles. The highest BCUT2D eigenvalue weighted by Gasteiger charge is 2.18. The van der Waals surface area contributed by atoms with E-state index in [9.17, 15) is 4.39 Å². The van der Waals surface area contributed by atoms with E-state index in [4.69, 9.17) is 11.6 Å². The Morgan fingerprint density at radius 1 is 1.38 bits per heavy atom. The highest BCUT2D eigenvalue weighted by molar-refractivity contribution is 9.09. The molecule has 1 aromatic rings. The Hall–Kier alpha value is -0.120. The number of hydrogen-bond acceptors (Lipinski definition) is 1. The van der Waals surface area contributed by atoms with Crippen molar-refractivity contribution in [1.82, 2.24) is 4.90 Å². The van der Waals surface area contributed by atoms with Crippen molar-refractivity contribution >= 4 is 27.5 Å². The average Bonchev–Trinajstić information content (AvgIpc) is 2.28. The van der Waals surface area contributed by atoms with Gasteiger partial charge in [0.1, 0.15) is 5.82 Å². The zero-order valence-electron chi connectivity index (χ0n) is 8.93. The molecule has 1 aliphatic rings. The van der Waals surface area contributed by atoms with Crippen molar-refractivity contribution in [3.63, 3.8) is 0 Å². The second-order valence-corrected chi connectivity index (χ2v) is 5.87. The molecule has 16 heavy (non-hydrogen) atoms. The van der Waals surface area contributed by atoms with Gasteiger partial charge in [-0.15, -0.1) is 0 Å². The summed E-state index contributed by atoms with van der Waals surface area (Å²) in [6, 6.07) is 5.20. The first-order valence-electron chi connectivity index (χ1n) is 5.46. The summed E-state index contributed by atoms with van der Waals surface area (Å²) in [5.41, 5.74) is 0.695. The van der Waals surface area contributed by atoms with Gasteiger partial charge >= 0.3 is 0 Å². The number of benzene rings is 1. The molecule has 0 bridgehead atoms. The molecular weight excluding hydrogens is 292 g/mol. The lowest BCUT2D eigenvalue weighted by Crippen LogP contribution is -2.33. The SMILES string of the molecule is Fc1c(Cl)cccc1CN1CCC(Br)CC1. The van der Waals surface area contributed by atoms with Crippen LogP contribution in [0, 0.1) is 5.82 Å². The van der Waals surface area contributed by atoms with Crippen LogP contribution in [0.1, 0.15) is 18.4 Å². The Morgan fingerprint density at radius 2 is 2.06 bits per heavy atom. The molecule has 88 valence electrons. The first-order chi connectivity index (χ1) is 7.66. The minimum Gasteiger partial charge on any atom is -0.299 e. The van der Waals surface area contributed by atoms with Gasteiger partial charge in [-0.1, -0.05) is 39.7 Å². The van der Waals surface area contributed by atoms with Crippen LogP contribution in [0.15, 0.2) is 18.2 Å². The molecule has 0 atom stereocenters. The standard InChI is InChI=1S/C12H14BrClFN/c13-10-4-6-16(7-5-10)8-9-2-1-3-11(14)12(9)15/h1-3,10H,4-8H2. The normalized spacial score (nSPS) is 18.9. The van der Waals surface area contributed by atoms with Crippen molar-refractivity contribution in [2.45, 2.75) is 24.2 Å². The third-order valence-electron chi connectivity index (χ3n) is 2.94. The Bertz CT molecular complexity index is 364.